The van der Waals surface area contributed by atoms with Crippen LogP contribution in [0.2, 0.25) is 5.02 Å². The Balaban J connectivity index is 1.67. The standard InChI is InChI=1S/C20H17ClF4N4O2S/c21-11-1-4-15(27-7-11)17(30)28-12-2-3-14(22)13(6-12)19-9-31-16(20(23,24)25)5-10(19)8-32-18(26)29-19/h1-4,6-7,10,16H,5,8-9H2,(H2,26,29)(H,28,30)/t10-,16+,19-/m0/s1. The lowest BCUT2D eigenvalue weighted by atomic mass is 9.74. The molecule has 3 heterocycles. The molecule has 0 unspecified atom stereocenters. The zero-order valence-corrected chi connectivity index (χ0v) is 17.9. The highest BCUT2D eigenvalue weighted by Gasteiger charge is 2.55. The van der Waals surface area contributed by atoms with E-state index in [0.717, 1.165) is 17.8 Å². The average Bonchev–Trinajstić information content (AvgIpc) is 2.74. The van der Waals surface area contributed by atoms with Gasteiger partial charge in [-0.05, 0) is 36.8 Å². The van der Waals surface area contributed by atoms with E-state index in [0.29, 0.717) is 5.02 Å². The van der Waals surface area contributed by atoms with Crippen LogP contribution in [0.4, 0.5) is 23.2 Å². The molecule has 2 aliphatic rings. The smallest absolute Gasteiger partial charge is 0.379 e. The van der Waals surface area contributed by atoms with Gasteiger partial charge in [0.2, 0.25) is 0 Å². The molecular weight excluding hydrogens is 472 g/mol. The second kappa shape index (κ2) is 8.53. The summed E-state index contributed by atoms with van der Waals surface area (Å²) in [6.07, 6.45) is -5.57. The van der Waals surface area contributed by atoms with Gasteiger partial charge in [0.1, 0.15) is 17.1 Å². The lowest BCUT2D eigenvalue weighted by molar-refractivity contribution is -0.245. The minimum absolute atomic E-state index is 0.00763. The van der Waals surface area contributed by atoms with Crippen LogP contribution in [0.1, 0.15) is 22.5 Å². The largest absolute Gasteiger partial charge is 0.414 e. The minimum atomic E-state index is -4.54. The van der Waals surface area contributed by atoms with Crippen LogP contribution in [-0.2, 0) is 10.3 Å². The van der Waals surface area contributed by atoms with Gasteiger partial charge in [0.05, 0.1) is 11.6 Å². The zero-order valence-electron chi connectivity index (χ0n) is 16.3. The average molecular weight is 489 g/mol. The third-order valence-corrected chi connectivity index (χ3v) is 6.62. The van der Waals surface area contributed by atoms with Crippen LogP contribution in [0, 0.1) is 11.7 Å². The SMILES string of the molecule is NC1=N[C@@]2(c3cc(NC(=O)c4ccc(Cl)cn4)ccc3F)CO[C@@H](C(F)(F)F)C[C@H]2CS1. The molecule has 32 heavy (non-hydrogen) atoms. The summed E-state index contributed by atoms with van der Waals surface area (Å²) in [6, 6.07) is 6.73. The summed E-state index contributed by atoms with van der Waals surface area (Å²) in [7, 11) is 0. The van der Waals surface area contributed by atoms with Gasteiger partial charge >= 0.3 is 6.18 Å². The van der Waals surface area contributed by atoms with Gasteiger partial charge < -0.3 is 15.8 Å². The summed E-state index contributed by atoms with van der Waals surface area (Å²) >= 11 is 6.90. The number of benzene rings is 1. The van der Waals surface area contributed by atoms with Gasteiger partial charge in [0, 0.05) is 29.1 Å². The van der Waals surface area contributed by atoms with E-state index in [1.54, 1.807) is 0 Å². The number of anilines is 1. The molecule has 6 nitrogen and oxygen atoms in total. The molecule has 3 N–H and O–H groups in total. The predicted octanol–water partition coefficient (Wildman–Crippen LogP) is 4.35. The van der Waals surface area contributed by atoms with E-state index in [9.17, 15) is 22.4 Å². The van der Waals surface area contributed by atoms with Crippen LogP contribution >= 0.6 is 23.4 Å². The molecule has 3 atom stereocenters. The summed E-state index contributed by atoms with van der Waals surface area (Å²) in [5.74, 6) is -1.68. The minimum Gasteiger partial charge on any atom is -0.379 e. The number of nitrogens with one attached hydrogen (secondary N) is 1. The molecule has 12 heteroatoms. The fourth-order valence-electron chi connectivity index (χ4n) is 3.84. The third-order valence-electron chi connectivity index (χ3n) is 5.44. The van der Waals surface area contributed by atoms with Crippen molar-refractivity contribution in [2.45, 2.75) is 24.2 Å². The third kappa shape index (κ3) is 4.41. The molecule has 170 valence electrons. The van der Waals surface area contributed by atoms with Crippen LogP contribution < -0.4 is 11.1 Å². The van der Waals surface area contributed by atoms with Gasteiger partial charge in [-0.2, -0.15) is 13.2 Å². The molecule has 1 fully saturated rings. The number of amides is 1. The highest BCUT2D eigenvalue weighted by molar-refractivity contribution is 8.13. The van der Waals surface area contributed by atoms with Crippen LogP contribution in [-0.4, -0.2) is 40.7 Å². The molecule has 1 aromatic heterocycles. The number of carbonyl (C=O) groups is 1. The molecule has 1 amide bonds. The number of pyridine rings is 1. The van der Waals surface area contributed by atoms with Crippen LogP contribution in [0.3, 0.4) is 0 Å². The van der Waals surface area contributed by atoms with E-state index < -0.39 is 42.1 Å². The van der Waals surface area contributed by atoms with Crippen LogP contribution in [0.25, 0.3) is 0 Å². The maximum atomic E-state index is 14.9. The van der Waals surface area contributed by atoms with Crippen LogP contribution in [0.15, 0.2) is 41.5 Å². The van der Waals surface area contributed by atoms with Gasteiger partial charge in [-0.3, -0.25) is 4.79 Å². The van der Waals surface area contributed by atoms with Gasteiger partial charge in [0.15, 0.2) is 11.3 Å². The van der Waals surface area contributed by atoms with Gasteiger partial charge in [-0.15, -0.1) is 0 Å². The summed E-state index contributed by atoms with van der Waals surface area (Å²) in [5.41, 5.74) is 4.75. The topological polar surface area (TPSA) is 89.6 Å². The Hall–Kier alpha value is -2.37. The summed E-state index contributed by atoms with van der Waals surface area (Å²) < 4.78 is 59.8. The van der Waals surface area contributed by atoms with Gasteiger partial charge in [0.25, 0.3) is 5.91 Å². The summed E-state index contributed by atoms with van der Waals surface area (Å²) in [4.78, 5) is 20.8. The number of amidine groups is 1. The number of ether oxygens (including phenoxy) is 1. The fraction of sp³-hybridized carbons (Fsp3) is 0.350. The molecule has 0 bridgehead atoms. The molecule has 2 aromatic rings. The van der Waals surface area contributed by atoms with Crippen molar-refractivity contribution in [1.82, 2.24) is 4.98 Å². The summed E-state index contributed by atoms with van der Waals surface area (Å²) in [5, 5.41) is 3.09. The van der Waals surface area contributed by atoms with Crippen molar-refractivity contribution in [2.75, 3.05) is 17.7 Å². The first-order chi connectivity index (χ1) is 15.1. The zero-order chi connectivity index (χ0) is 23.1. The highest BCUT2D eigenvalue weighted by Crippen LogP contribution is 2.49. The number of rotatable bonds is 3. The first-order valence-corrected chi connectivity index (χ1v) is 10.8. The molecule has 2 aliphatic heterocycles. The number of halogens is 5. The second-order valence-corrected chi connectivity index (χ2v) is 8.95. The quantitative estimate of drug-likeness (QED) is 0.627. The van der Waals surface area contributed by atoms with Crippen molar-refractivity contribution in [3.8, 4) is 0 Å². The molecule has 0 spiro atoms. The van der Waals surface area contributed by atoms with Gasteiger partial charge in [-0.25, -0.2) is 14.4 Å². The van der Waals surface area contributed by atoms with Gasteiger partial charge in [-0.1, -0.05) is 23.4 Å². The maximum absolute atomic E-state index is 14.9. The van der Waals surface area contributed by atoms with Crippen molar-refractivity contribution >= 4 is 40.1 Å². The van der Waals surface area contributed by atoms with Crippen molar-refractivity contribution in [2.24, 2.45) is 16.6 Å². The number of thioether (sulfide) groups is 1. The Morgan fingerprint density at radius 2 is 2.09 bits per heavy atom. The molecule has 0 radical (unpaired) electrons. The molecule has 1 saturated heterocycles. The number of carbonyl (C=O) groups excluding carboxylic acids is 1. The summed E-state index contributed by atoms with van der Waals surface area (Å²) in [6.45, 7) is -0.490. The fourth-order valence-corrected chi connectivity index (χ4v) is 4.96. The molecule has 1 aromatic carbocycles. The number of aromatic nitrogens is 1. The normalized spacial score (nSPS) is 25.6. The lowest BCUT2D eigenvalue weighted by Gasteiger charge is -2.46. The van der Waals surface area contributed by atoms with E-state index in [4.69, 9.17) is 22.1 Å². The van der Waals surface area contributed by atoms with Crippen molar-refractivity contribution in [3.63, 3.8) is 0 Å². The monoisotopic (exact) mass is 488 g/mol. The first kappa shape index (κ1) is 22.8. The second-order valence-electron chi connectivity index (χ2n) is 7.47. The van der Waals surface area contributed by atoms with E-state index in [1.165, 1.54) is 30.5 Å². The molecular formula is C20H17ClF4N4O2S. The number of alkyl halides is 3. The van der Waals surface area contributed by atoms with E-state index in [2.05, 4.69) is 15.3 Å². The van der Waals surface area contributed by atoms with E-state index >= 15 is 0 Å². The Morgan fingerprint density at radius 1 is 1.31 bits per heavy atom. The lowest BCUT2D eigenvalue weighted by Crippen LogP contribution is -2.53. The maximum Gasteiger partial charge on any atom is 0.414 e. The number of aliphatic imine (C=N–C) groups is 1. The van der Waals surface area contributed by atoms with Crippen molar-refractivity contribution < 1.29 is 27.1 Å². The first-order valence-electron chi connectivity index (χ1n) is 9.48. The van der Waals surface area contributed by atoms with E-state index in [1.807, 2.05) is 0 Å². The highest BCUT2D eigenvalue weighted by atomic mass is 35.5. The van der Waals surface area contributed by atoms with E-state index in [-0.39, 0.29) is 34.3 Å². The Kier molecular flexibility index (Phi) is 6.08. The number of nitrogens with two attached hydrogens (primary N) is 1. The Morgan fingerprint density at radius 3 is 2.78 bits per heavy atom. The van der Waals surface area contributed by atoms with Crippen molar-refractivity contribution in [3.05, 3.63) is 58.6 Å². The molecule has 0 aliphatic carbocycles. The van der Waals surface area contributed by atoms with Crippen molar-refractivity contribution in [1.29, 1.82) is 0 Å². The molecule has 0 saturated carbocycles. The predicted molar refractivity (Wildman–Crippen MR) is 113 cm³/mol. The number of fused-ring (bicyclic) bond motifs is 1. The Labute approximate surface area is 189 Å². The Bertz CT molecular complexity index is 1070. The van der Waals surface area contributed by atoms with Crippen LogP contribution in [0.5, 0.6) is 0 Å². The molecule has 4 rings (SSSR count). The number of hydrogen-bond donors (Lipinski definition) is 2. The number of nitrogens with zero attached hydrogens (tertiary/aromatic N) is 2. The number of hydrogen-bond acceptors (Lipinski definition) is 6.